The van der Waals surface area contributed by atoms with Crippen LogP contribution in [0.25, 0.3) is 0 Å². The lowest BCUT2D eigenvalue weighted by molar-refractivity contribution is -0.136. The maximum absolute atomic E-state index is 12.4. The molecule has 0 aromatic carbocycles. The zero-order chi connectivity index (χ0) is 14.5. The minimum atomic E-state index is -0.109. The highest BCUT2D eigenvalue weighted by Crippen LogP contribution is 2.29. The van der Waals surface area contributed by atoms with Crippen LogP contribution < -0.4 is 0 Å². The highest BCUT2D eigenvalue weighted by Gasteiger charge is 2.37. The Balaban J connectivity index is 1.90. The normalized spacial score (nSPS) is 27.6. The van der Waals surface area contributed by atoms with Crippen molar-refractivity contribution in [3.05, 3.63) is 0 Å². The Hall–Kier alpha value is -1.12. The van der Waals surface area contributed by atoms with Crippen LogP contribution in [0.5, 0.6) is 0 Å². The van der Waals surface area contributed by atoms with E-state index in [2.05, 4.69) is 11.0 Å². The molecule has 0 bridgehead atoms. The molecular weight excluding hydrogens is 254 g/mol. The van der Waals surface area contributed by atoms with Gasteiger partial charge < -0.3 is 9.64 Å². The Labute approximate surface area is 121 Å². The summed E-state index contributed by atoms with van der Waals surface area (Å²) < 4.78 is 5.77. The van der Waals surface area contributed by atoms with Gasteiger partial charge in [-0.1, -0.05) is 0 Å². The Bertz CT molecular complexity index is 380. The summed E-state index contributed by atoms with van der Waals surface area (Å²) in [5.41, 5.74) is 0. The predicted molar refractivity (Wildman–Crippen MR) is 76.0 cm³/mol. The standard InChI is InChI=1S/C15H25N3O2/c1-3-17(10-12(2)9-16)15(19)11-18-7-8-20-14-6-4-5-13(14)18/h12-14H,3-8,10-11H2,1-2H3/t12-,13+,14+/m1/s1. The summed E-state index contributed by atoms with van der Waals surface area (Å²) in [6.45, 7) is 7.08. The van der Waals surface area contributed by atoms with Crippen LogP contribution in [0, 0.1) is 17.2 Å². The van der Waals surface area contributed by atoms with Crippen LogP contribution in [0.15, 0.2) is 0 Å². The highest BCUT2D eigenvalue weighted by atomic mass is 16.5. The molecule has 0 unspecified atom stereocenters. The van der Waals surface area contributed by atoms with Crippen LogP contribution in [-0.2, 0) is 9.53 Å². The van der Waals surface area contributed by atoms with Gasteiger partial charge in [0.25, 0.3) is 0 Å². The summed E-state index contributed by atoms with van der Waals surface area (Å²) in [7, 11) is 0. The van der Waals surface area contributed by atoms with Crippen LogP contribution >= 0.6 is 0 Å². The van der Waals surface area contributed by atoms with E-state index in [1.807, 2.05) is 13.8 Å². The second kappa shape index (κ2) is 7.05. The molecule has 0 aromatic rings. The molecule has 5 heteroatoms. The summed E-state index contributed by atoms with van der Waals surface area (Å²) in [4.78, 5) is 16.5. The fraction of sp³-hybridized carbons (Fsp3) is 0.867. The molecule has 2 fully saturated rings. The van der Waals surface area contributed by atoms with Gasteiger partial charge >= 0.3 is 0 Å². The molecule has 1 saturated carbocycles. The van der Waals surface area contributed by atoms with E-state index >= 15 is 0 Å². The van der Waals surface area contributed by atoms with Gasteiger partial charge in [0.1, 0.15) is 0 Å². The van der Waals surface area contributed by atoms with E-state index < -0.39 is 0 Å². The molecule has 20 heavy (non-hydrogen) atoms. The number of morpholine rings is 1. The second-order valence-corrected chi connectivity index (χ2v) is 5.84. The number of carbonyl (C=O) groups is 1. The molecule has 0 radical (unpaired) electrons. The van der Waals surface area contributed by atoms with Crippen LogP contribution in [0.2, 0.25) is 0 Å². The first-order valence-electron chi connectivity index (χ1n) is 7.68. The molecule has 1 amide bonds. The number of fused-ring (bicyclic) bond motifs is 1. The van der Waals surface area contributed by atoms with Crippen molar-refractivity contribution >= 4 is 5.91 Å². The molecule has 3 atom stereocenters. The number of nitrogens with zero attached hydrogens (tertiary/aromatic N) is 3. The fourth-order valence-corrected chi connectivity index (χ4v) is 3.25. The zero-order valence-electron chi connectivity index (χ0n) is 12.5. The number of nitriles is 1. The molecule has 2 rings (SSSR count). The molecular formula is C15H25N3O2. The van der Waals surface area contributed by atoms with Gasteiger partial charge in [-0.2, -0.15) is 5.26 Å². The van der Waals surface area contributed by atoms with E-state index in [4.69, 9.17) is 10.00 Å². The molecule has 1 saturated heterocycles. The molecule has 1 aliphatic heterocycles. The lowest BCUT2D eigenvalue weighted by Crippen LogP contribution is -2.52. The monoisotopic (exact) mass is 279 g/mol. The van der Waals surface area contributed by atoms with Crippen LogP contribution in [-0.4, -0.2) is 60.6 Å². The van der Waals surface area contributed by atoms with E-state index in [0.717, 1.165) is 26.0 Å². The van der Waals surface area contributed by atoms with Gasteiger partial charge in [-0.15, -0.1) is 0 Å². The van der Waals surface area contributed by atoms with E-state index in [-0.39, 0.29) is 11.8 Å². The maximum atomic E-state index is 12.4. The molecule has 0 N–H and O–H groups in total. The molecule has 1 aliphatic carbocycles. The van der Waals surface area contributed by atoms with E-state index in [1.54, 1.807) is 4.90 Å². The SMILES string of the molecule is CCN(C[C@H](C)C#N)C(=O)CN1CCO[C@H]2CCC[C@@H]21. The van der Waals surface area contributed by atoms with Crippen molar-refractivity contribution in [1.82, 2.24) is 9.80 Å². The van der Waals surface area contributed by atoms with Crippen molar-refractivity contribution in [3.63, 3.8) is 0 Å². The zero-order valence-corrected chi connectivity index (χ0v) is 12.5. The number of hydrogen-bond donors (Lipinski definition) is 0. The van der Waals surface area contributed by atoms with Crippen molar-refractivity contribution in [1.29, 1.82) is 5.26 Å². The smallest absolute Gasteiger partial charge is 0.236 e. The van der Waals surface area contributed by atoms with Gasteiger partial charge in [0.2, 0.25) is 5.91 Å². The summed E-state index contributed by atoms with van der Waals surface area (Å²) in [5, 5.41) is 8.89. The van der Waals surface area contributed by atoms with Crippen molar-refractivity contribution < 1.29 is 9.53 Å². The highest BCUT2D eigenvalue weighted by molar-refractivity contribution is 5.78. The quantitative estimate of drug-likeness (QED) is 0.760. The summed E-state index contributed by atoms with van der Waals surface area (Å²) in [6, 6.07) is 2.61. The topological polar surface area (TPSA) is 56.6 Å². The number of hydrogen-bond acceptors (Lipinski definition) is 4. The number of likely N-dealkylation sites (N-methyl/N-ethyl adjacent to an activating group) is 1. The minimum absolute atomic E-state index is 0.109. The summed E-state index contributed by atoms with van der Waals surface area (Å²) >= 11 is 0. The molecule has 5 nitrogen and oxygen atoms in total. The van der Waals surface area contributed by atoms with Crippen molar-refractivity contribution in [3.8, 4) is 6.07 Å². The van der Waals surface area contributed by atoms with Gasteiger partial charge in [0.05, 0.1) is 31.2 Å². The van der Waals surface area contributed by atoms with E-state index in [9.17, 15) is 4.79 Å². The van der Waals surface area contributed by atoms with Crippen LogP contribution in [0.1, 0.15) is 33.1 Å². The third kappa shape index (κ3) is 3.50. The van der Waals surface area contributed by atoms with Gasteiger partial charge in [0.15, 0.2) is 0 Å². The lowest BCUT2D eigenvalue weighted by atomic mass is 10.1. The minimum Gasteiger partial charge on any atom is -0.375 e. The van der Waals surface area contributed by atoms with Gasteiger partial charge in [-0.25, -0.2) is 0 Å². The Morgan fingerprint density at radius 3 is 3.05 bits per heavy atom. The third-order valence-electron chi connectivity index (χ3n) is 4.38. The molecule has 1 heterocycles. The number of ether oxygens (including phenoxy) is 1. The molecule has 2 aliphatic rings. The maximum Gasteiger partial charge on any atom is 0.236 e. The second-order valence-electron chi connectivity index (χ2n) is 5.84. The molecule has 112 valence electrons. The van der Waals surface area contributed by atoms with E-state index in [1.165, 1.54) is 6.42 Å². The molecule has 0 aromatic heterocycles. The Kier molecular flexibility index (Phi) is 5.38. The Morgan fingerprint density at radius 2 is 2.35 bits per heavy atom. The summed E-state index contributed by atoms with van der Waals surface area (Å²) in [5.74, 6) is 0.0324. The largest absolute Gasteiger partial charge is 0.375 e. The van der Waals surface area contributed by atoms with Crippen molar-refractivity contribution in [2.24, 2.45) is 5.92 Å². The van der Waals surface area contributed by atoms with E-state index in [0.29, 0.717) is 31.8 Å². The average Bonchev–Trinajstić information content (AvgIpc) is 2.93. The summed E-state index contributed by atoms with van der Waals surface area (Å²) in [6.07, 6.45) is 3.78. The lowest BCUT2D eigenvalue weighted by Gasteiger charge is -2.38. The van der Waals surface area contributed by atoms with Gasteiger partial charge in [-0.3, -0.25) is 9.69 Å². The number of carbonyl (C=O) groups excluding carboxylic acids is 1. The number of amides is 1. The predicted octanol–water partition coefficient (Wildman–Crippen LogP) is 1.25. The van der Waals surface area contributed by atoms with Crippen molar-refractivity contribution in [2.45, 2.75) is 45.3 Å². The van der Waals surface area contributed by atoms with Gasteiger partial charge in [-0.05, 0) is 33.1 Å². The number of rotatable bonds is 5. The van der Waals surface area contributed by atoms with Crippen LogP contribution in [0.3, 0.4) is 0 Å². The Morgan fingerprint density at radius 1 is 1.55 bits per heavy atom. The first kappa shape index (κ1) is 15.3. The first-order valence-corrected chi connectivity index (χ1v) is 7.68. The fourth-order valence-electron chi connectivity index (χ4n) is 3.25. The average molecular weight is 279 g/mol. The molecule has 0 spiro atoms. The van der Waals surface area contributed by atoms with Crippen LogP contribution in [0.4, 0.5) is 0 Å². The third-order valence-corrected chi connectivity index (χ3v) is 4.38. The van der Waals surface area contributed by atoms with Gasteiger partial charge in [0, 0.05) is 25.7 Å². The first-order chi connectivity index (χ1) is 9.65. The van der Waals surface area contributed by atoms with Crippen molar-refractivity contribution in [2.75, 3.05) is 32.8 Å².